The van der Waals surface area contributed by atoms with Gasteiger partial charge in [0.1, 0.15) is 52.7 Å². The van der Waals surface area contributed by atoms with Crippen LogP contribution >= 0.6 is 0 Å². The van der Waals surface area contributed by atoms with Crippen molar-refractivity contribution in [3.8, 4) is 40.1 Å². The molecule has 0 saturated carbocycles. The Bertz CT molecular complexity index is 4060. The molecule has 0 amide bonds. The van der Waals surface area contributed by atoms with Crippen molar-refractivity contribution >= 4 is 9.84 Å². The molecule has 0 bridgehead atoms. The van der Waals surface area contributed by atoms with E-state index in [1.54, 1.807) is 62.9 Å². The highest BCUT2D eigenvalue weighted by molar-refractivity contribution is 7.90. The van der Waals surface area contributed by atoms with E-state index < -0.39 is 9.84 Å². The summed E-state index contributed by atoms with van der Waals surface area (Å²) in [6.45, 7) is 68.3. The van der Waals surface area contributed by atoms with Crippen molar-refractivity contribution in [3.63, 3.8) is 0 Å². The minimum atomic E-state index is -3.21. The van der Waals surface area contributed by atoms with Crippen LogP contribution in [0.1, 0.15) is 272 Å². The number of aromatic nitrogens is 8. The van der Waals surface area contributed by atoms with Crippen LogP contribution in [-0.4, -0.2) is 120 Å². The number of hydrogen-bond donors (Lipinski definition) is 0. The zero-order chi connectivity index (χ0) is 78.8. The van der Waals surface area contributed by atoms with Crippen molar-refractivity contribution in [2.45, 2.75) is 267 Å². The van der Waals surface area contributed by atoms with Crippen LogP contribution in [0.2, 0.25) is 0 Å². The lowest BCUT2D eigenvalue weighted by Crippen LogP contribution is -2.37. The summed E-state index contributed by atoms with van der Waals surface area (Å²) in [5.74, 6) is 4.51. The molecule has 9 rings (SSSR count). The largest absolute Gasteiger partial charge is 0.496 e. The van der Waals surface area contributed by atoms with Gasteiger partial charge in [-0.15, -0.1) is 5.10 Å². The highest BCUT2D eigenvalue weighted by atomic mass is 32.2. The van der Waals surface area contributed by atoms with Gasteiger partial charge in [0.05, 0.1) is 58.9 Å². The van der Waals surface area contributed by atoms with Gasteiger partial charge in [-0.1, -0.05) is 242 Å². The van der Waals surface area contributed by atoms with Gasteiger partial charge in [0, 0.05) is 49.4 Å². The molecular weight excluding hydrogens is 1320 g/mol. The molecule has 17 heteroatoms. The van der Waals surface area contributed by atoms with E-state index >= 15 is 0 Å². The Morgan fingerprint density at radius 3 is 1.23 bits per heavy atom. The highest BCUT2D eigenvalue weighted by Gasteiger charge is 2.32. The fourth-order valence-electron chi connectivity index (χ4n) is 12.3. The van der Waals surface area contributed by atoms with Gasteiger partial charge in [-0.2, -0.15) is 10.2 Å². The van der Waals surface area contributed by atoms with Crippen LogP contribution in [0.4, 0.5) is 0 Å². The number of morpholine rings is 1. The predicted octanol–water partition coefficient (Wildman–Crippen LogP) is 20.0. The molecule has 1 aliphatic heterocycles. The third-order valence-corrected chi connectivity index (χ3v) is 20.1. The number of nitrogens with zero attached hydrogens (tertiary/aromatic N) is 9. The molecule has 104 heavy (non-hydrogen) atoms. The number of methoxy groups -OCH3 is 4. The molecule has 0 radical (unpaired) electrons. The van der Waals surface area contributed by atoms with Crippen LogP contribution < -0.4 is 18.9 Å². The van der Waals surface area contributed by atoms with E-state index in [0.29, 0.717) is 16.7 Å². The van der Waals surface area contributed by atoms with Crippen LogP contribution in [0, 0.1) is 6.92 Å². The SMILES string of the molecule is COc1c(-n2cncn2)cc(C(C)(C)C)cc1C(C)(C)C.COc1c(C(C)C)cc(C(C)(C)C)cc1-n1cccn1.COc1c(C(C)C)cc(C(C)(C)C)cc1-n1ccnn1.COc1c(CCN2CCOCC2)cc(C(C)(C)C)cc1C(C)(C)C.Cc1cc(C(C)(C)C)cc(C(C)(C)C)c1S(C)(=O)=O. The number of ether oxygens (including phenoxy) is 5. The average molecular weight is 1450 g/mol. The Morgan fingerprint density at radius 1 is 0.462 bits per heavy atom. The van der Waals surface area contributed by atoms with Gasteiger partial charge < -0.3 is 23.7 Å². The molecule has 16 nitrogen and oxygen atoms in total. The second-order valence-electron chi connectivity index (χ2n) is 36.6. The van der Waals surface area contributed by atoms with E-state index in [1.807, 2.05) is 36.1 Å². The number of sulfone groups is 1. The van der Waals surface area contributed by atoms with Crippen LogP contribution in [0.15, 0.2) is 109 Å². The summed E-state index contributed by atoms with van der Waals surface area (Å²) >= 11 is 0. The lowest BCUT2D eigenvalue weighted by atomic mass is 9.78. The second kappa shape index (κ2) is 34.5. The second-order valence-corrected chi connectivity index (χ2v) is 38.6. The first-order valence-electron chi connectivity index (χ1n) is 37.0. The van der Waals surface area contributed by atoms with Gasteiger partial charge in [-0.05, 0) is 148 Å². The smallest absolute Gasteiger partial charge is 0.176 e. The molecule has 0 atom stereocenters. The van der Waals surface area contributed by atoms with E-state index in [0.717, 1.165) is 90.5 Å². The summed E-state index contributed by atoms with van der Waals surface area (Å²) < 4.78 is 57.9. The van der Waals surface area contributed by atoms with Gasteiger partial charge in [0.15, 0.2) is 9.84 Å². The van der Waals surface area contributed by atoms with Gasteiger partial charge >= 0.3 is 0 Å². The highest BCUT2D eigenvalue weighted by Crippen LogP contribution is 2.44. The standard InChI is InChI=1S/C21H35NO2.C17H25N3O.C17H24N2O.C16H23N3O.C16H26O2S/c1-20(2,3)17-14-16(8-9-22-10-12-24-13-11-22)19(23-7)18(15-17)21(4,5)6;1-16(2,3)12-8-13(17(4,5)6)15(21-7)14(9-12)20-11-18-10-19-20;1-12(2)14-10-13(17(3,4)5)11-15(16(14)20-6)19-9-7-8-18-19;1-11(2)13-9-12(16(3,4)5)10-14(15(13)20-6)19-8-7-17-18-19;1-11-9-12(15(2,3)4)10-13(16(5,6)7)14(11)19(8,17)18/h14-15H,8-13H2,1-7H3;8-11H,1-7H3;7-12H,1-6H3;7-11H,1-6H3;9-10H,1-8H3. The van der Waals surface area contributed by atoms with Crippen molar-refractivity contribution in [3.05, 3.63) is 171 Å². The van der Waals surface area contributed by atoms with Gasteiger partial charge in [0.2, 0.25) is 0 Å². The lowest BCUT2D eigenvalue weighted by molar-refractivity contribution is 0.0384. The normalized spacial score (nSPS) is 13.6. The first kappa shape index (κ1) is 87.3. The molecule has 1 saturated heterocycles. The molecule has 0 aliphatic carbocycles. The molecule has 0 spiro atoms. The fourth-order valence-corrected chi connectivity index (χ4v) is 13.7. The quantitative estimate of drug-likeness (QED) is 0.107. The van der Waals surface area contributed by atoms with Crippen molar-refractivity contribution in [1.29, 1.82) is 0 Å². The first-order chi connectivity index (χ1) is 47.7. The van der Waals surface area contributed by atoms with E-state index in [1.165, 1.54) is 61.9 Å². The molecule has 3 aromatic heterocycles. The van der Waals surface area contributed by atoms with E-state index in [2.05, 4.69) is 279 Å². The Kier molecular flexibility index (Phi) is 28.9. The van der Waals surface area contributed by atoms with Crippen molar-refractivity contribution in [1.82, 2.24) is 44.4 Å². The molecule has 0 N–H and O–H groups in total. The van der Waals surface area contributed by atoms with Crippen molar-refractivity contribution < 1.29 is 32.1 Å². The summed E-state index contributed by atoms with van der Waals surface area (Å²) in [5, 5.41) is 16.6. The van der Waals surface area contributed by atoms with Crippen molar-refractivity contribution in [2.75, 3.05) is 67.5 Å². The Balaban J connectivity index is 0.000000234. The average Bonchev–Trinajstić information content (AvgIpc) is 0.802. The summed E-state index contributed by atoms with van der Waals surface area (Å²) in [6, 6.07) is 23.9. The van der Waals surface area contributed by atoms with Crippen molar-refractivity contribution in [2.24, 2.45) is 0 Å². The molecule has 8 aromatic rings. The Labute approximate surface area is 628 Å². The molecule has 0 unspecified atom stereocenters. The van der Waals surface area contributed by atoms with Crippen LogP contribution in [0.3, 0.4) is 0 Å². The number of aryl methyl sites for hydroxylation is 1. The molecular formula is C87H133N9O7S. The third kappa shape index (κ3) is 23.3. The molecule has 574 valence electrons. The third-order valence-electron chi connectivity index (χ3n) is 18.8. The molecule has 5 aromatic carbocycles. The first-order valence-corrected chi connectivity index (χ1v) is 38.9. The van der Waals surface area contributed by atoms with Crippen LogP contribution in [0.5, 0.6) is 23.0 Å². The maximum Gasteiger partial charge on any atom is 0.176 e. The lowest BCUT2D eigenvalue weighted by Gasteiger charge is -2.30. The molecule has 4 heterocycles. The monoisotopic (exact) mass is 1450 g/mol. The van der Waals surface area contributed by atoms with Gasteiger partial charge in [-0.25, -0.2) is 27.4 Å². The minimum absolute atomic E-state index is 0.0120. The topological polar surface area (TPSA) is 163 Å². The van der Waals surface area contributed by atoms with E-state index in [-0.39, 0.29) is 43.3 Å². The number of rotatable bonds is 13. The van der Waals surface area contributed by atoms with Crippen LogP contribution in [-0.2, 0) is 64.3 Å². The van der Waals surface area contributed by atoms with Gasteiger partial charge in [-0.3, -0.25) is 4.90 Å². The number of hydrogen-bond acceptors (Lipinski definition) is 13. The minimum Gasteiger partial charge on any atom is -0.496 e. The molecule has 1 aliphatic rings. The zero-order valence-electron chi connectivity index (χ0n) is 70.5. The Hall–Kier alpha value is -7.34. The summed E-state index contributed by atoms with van der Waals surface area (Å²) in [4.78, 5) is 7.04. The predicted molar refractivity (Wildman–Crippen MR) is 432 cm³/mol. The number of benzene rings is 5. The van der Waals surface area contributed by atoms with E-state index in [4.69, 9.17) is 23.7 Å². The van der Waals surface area contributed by atoms with Crippen LogP contribution in [0.25, 0.3) is 17.1 Å². The zero-order valence-corrected chi connectivity index (χ0v) is 71.3. The molecule has 1 fully saturated rings. The summed E-state index contributed by atoms with van der Waals surface area (Å²) in [6.07, 6.45) is 12.8. The van der Waals surface area contributed by atoms with E-state index in [9.17, 15) is 8.42 Å². The maximum atomic E-state index is 12.1. The maximum absolute atomic E-state index is 12.1. The van der Waals surface area contributed by atoms with Gasteiger partial charge in [0.25, 0.3) is 0 Å². The summed E-state index contributed by atoms with van der Waals surface area (Å²) in [7, 11) is 3.74. The Morgan fingerprint density at radius 2 is 0.865 bits per heavy atom. The summed E-state index contributed by atoms with van der Waals surface area (Å²) in [5.41, 5.74) is 17.6. The fraction of sp³-hybridized carbons (Fsp3) is 0.575.